The fraction of sp³-hybridized carbons (Fsp3) is 0.312. The van der Waals surface area contributed by atoms with Crippen LogP contribution in [-0.4, -0.2) is 34.7 Å². The van der Waals surface area contributed by atoms with E-state index in [1.54, 1.807) is 36.6 Å². The van der Waals surface area contributed by atoms with E-state index >= 15 is 0 Å². The topological polar surface area (TPSA) is 87.7 Å². The quantitative estimate of drug-likeness (QED) is 0.850. The molecule has 0 aliphatic carbocycles. The number of cyclic esters (lactones) is 1. The van der Waals surface area contributed by atoms with Crippen molar-refractivity contribution in [3.63, 3.8) is 0 Å². The first-order valence-electron chi connectivity index (χ1n) is 7.64. The minimum absolute atomic E-state index is 0.249. The van der Waals surface area contributed by atoms with Crippen LogP contribution in [0.5, 0.6) is 0 Å². The van der Waals surface area contributed by atoms with Crippen molar-refractivity contribution in [2.45, 2.75) is 23.7 Å². The van der Waals surface area contributed by atoms with Crippen LogP contribution in [0.15, 0.2) is 33.9 Å². The lowest BCUT2D eigenvalue weighted by atomic mass is 10.0. The summed E-state index contributed by atoms with van der Waals surface area (Å²) in [6.45, 7) is 1.80. The van der Waals surface area contributed by atoms with Crippen LogP contribution < -0.4 is 14.9 Å². The number of hydrogen-bond acceptors (Lipinski definition) is 6. The van der Waals surface area contributed by atoms with E-state index in [0.717, 1.165) is 16.9 Å². The molecule has 0 bridgehead atoms. The van der Waals surface area contributed by atoms with Gasteiger partial charge in [-0.3, -0.25) is 10.0 Å². The van der Waals surface area contributed by atoms with Crippen molar-refractivity contribution < 1.29 is 17.9 Å². The van der Waals surface area contributed by atoms with Crippen LogP contribution >= 0.6 is 11.3 Å². The van der Waals surface area contributed by atoms with Crippen molar-refractivity contribution in [2.75, 3.05) is 29.0 Å². The Morgan fingerprint density at radius 1 is 1.36 bits per heavy atom. The molecule has 2 aromatic rings. The minimum atomic E-state index is -3.64. The maximum Gasteiger partial charge on any atom is 0.411 e. The number of benzene rings is 1. The normalized spacial score (nSPS) is 17.1. The van der Waals surface area contributed by atoms with Gasteiger partial charge in [-0.15, -0.1) is 11.3 Å². The highest BCUT2D eigenvalue weighted by atomic mass is 32.2. The summed E-state index contributed by atoms with van der Waals surface area (Å²) in [6, 6.07) is 6.68. The maximum absolute atomic E-state index is 12.5. The Bertz CT molecular complexity index is 892. The van der Waals surface area contributed by atoms with Crippen LogP contribution in [0, 0.1) is 0 Å². The van der Waals surface area contributed by atoms with E-state index in [2.05, 4.69) is 10.0 Å². The molecule has 25 heavy (non-hydrogen) atoms. The van der Waals surface area contributed by atoms with Crippen LogP contribution in [0.3, 0.4) is 0 Å². The van der Waals surface area contributed by atoms with Gasteiger partial charge in [-0.2, -0.15) is 0 Å². The number of nitrogens with zero attached hydrogens (tertiary/aromatic N) is 1. The summed E-state index contributed by atoms with van der Waals surface area (Å²) in [5.74, 6) is 0. The van der Waals surface area contributed by atoms with Gasteiger partial charge in [0.15, 0.2) is 0 Å². The van der Waals surface area contributed by atoms with Gasteiger partial charge in [-0.05, 0) is 36.1 Å². The third-order valence-electron chi connectivity index (χ3n) is 3.74. The van der Waals surface area contributed by atoms with E-state index in [1.165, 1.54) is 0 Å². The van der Waals surface area contributed by atoms with Crippen molar-refractivity contribution in [1.29, 1.82) is 0 Å². The van der Waals surface area contributed by atoms with Gasteiger partial charge in [0.25, 0.3) is 10.0 Å². The third-order valence-corrected chi connectivity index (χ3v) is 6.51. The number of sulfonamides is 1. The molecule has 9 heteroatoms. The van der Waals surface area contributed by atoms with Crippen LogP contribution in [0.2, 0.25) is 0 Å². The Balaban J connectivity index is 2.05. The van der Waals surface area contributed by atoms with Crippen LogP contribution in [0.25, 0.3) is 0 Å². The average Bonchev–Trinajstić information content (AvgIpc) is 2.99. The third kappa shape index (κ3) is 3.72. The van der Waals surface area contributed by atoms with Gasteiger partial charge in [-0.25, -0.2) is 13.2 Å². The number of rotatable bonds is 4. The number of hydrogen-bond donors (Lipinski definition) is 2. The van der Waals surface area contributed by atoms with Gasteiger partial charge in [0.2, 0.25) is 0 Å². The Morgan fingerprint density at radius 2 is 2.12 bits per heavy atom. The molecule has 1 aromatic carbocycles. The van der Waals surface area contributed by atoms with Gasteiger partial charge in [-0.1, -0.05) is 6.07 Å². The Morgan fingerprint density at radius 3 is 2.76 bits per heavy atom. The van der Waals surface area contributed by atoms with Crippen molar-refractivity contribution >= 4 is 44.5 Å². The van der Waals surface area contributed by atoms with Gasteiger partial charge in [0.1, 0.15) is 10.3 Å². The first-order valence-corrected chi connectivity index (χ1v) is 10.0. The number of fused-ring (bicyclic) bond motifs is 1. The number of anilines is 3. The molecular weight excluding hydrogens is 362 g/mol. The molecule has 2 heterocycles. The number of ether oxygens (including phenoxy) is 1. The van der Waals surface area contributed by atoms with E-state index in [9.17, 15) is 13.2 Å². The molecule has 134 valence electrons. The Kier molecular flexibility index (Phi) is 4.61. The number of carbonyl (C=O) groups excluding carboxylic acids is 1. The zero-order valence-electron chi connectivity index (χ0n) is 14.1. The lowest BCUT2D eigenvalue weighted by Crippen LogP contribution is -2.19. The molecule has 0 spiro atoms. The van der Waals surface area contributed by atoms with Crippen molar-refractivity contribution in [2.24, 2.45) is 0 Å². The van der Waals surface area contributed by atoms with E-state index in [-0.39, 0.29) is 10.3 Å². The second-order valence-corrected chi connectivity index (χ2v) is 8.86. The molecule has 1 aliphatic heterocycles. The van der Waals surface area contributed by atoms with Crippen LogP contribution in [0.1, 0.15) is 12.5 Å². The molecule has 0 saturated heterocycles. The minimum Gasteiger partial charge on any atom is -0.446 e. The first kappa shape index (κ1) is 17.6. The molecule has 2 N–H and O–H groups in total. The number of nitrogens with one attached hydrogen (secondary N) is 2. The lowest BCUT2D eigenvalue weighted by molar-refractivity contribution is 0.123. The van der Waals surface area contributed by atoms with Crippen molar-refractivity contribution in [3.8, 4) is 0 Å². The monoisotopic (exact) mass is 381 g/mol. The predicted octanol–water partition coefficient (Wildman–Crippen LogP) is 3.11. The van der Waals surface area contributed by atoms with Crippen LogP contribution in [-0.2, 0) is 21.2 Å². The summed E-state index contributed by atoms with van der Waals surface area (Å²) < 4.78 is 33.1. The summed E-state index contributed by atoms with van der Waals surface area (Å²) in [4.78, 5) is 13.7. The first-order chi connectivity index (χ1) is 11.8. The number of thiophene rings is 1. The van der Waals surface area contributed by atoms with Gasteiger partial charge >= 0.3 is 6.09 Å². The highest BCUT2D eigenvalue weighted by Gasteiger charge is 2.24. The summed E-state index contributed by atoms with van der Waals surface area (Å²) >= 11 is 1.15. The molecular formula is C16H19N3O4S2. The summed E-state index contributed by atoms with van der Waals surface area (Å²) in [5.41, 5.74) is 2.60. The number of carbonyl (C=O) groups is 1. The highest BCUT2D eigenvalue weighted by Crippen LogP contribution is 2.36. The molecule has 0 saturated carbocycles. The standard InChI is InChI=1S/C16H19N3O4S2/c1-10-7-11-8-12(18-25(21,22)14-5-4-6-24-14)9-13(19(2)3)15(11)17-16(20)23-10/h4-6,8-10,18H,7H2,1-3H3,(H,17,20). The Hall–Kier alpha value is -2.26. The van der Waals surface area contributed by atoms with E-state index in [0.29, 0.717) is 23.5 Å². The van der Waals surface area contributed by atoms with Crippen LogP contribution in [0.4, 0.5) is 21.9 Å². The van der Waals surface area contributed by atoms with Gasteiger partial charge in [0.05, 0.1) is 17.1 Å². The predicted molar refractivity (Wildman–Crippen MR) is 99.2 cm³/mol. The number of amides is 1. The molecule has 3 rings (SSSR count). The Labute approximate surface area is 150 Å². The van der Waals surface area contributed by atoms with Gasteiger partial charge < -0.3 is 9.64 Å². The second kappa shape index (κ2) is 6.57. The zero-order valence-corrected chi connectivity index (χ0v) is 15.7. The molecule has 1 amide bonds. The van der Waals surface area contributed by atoms with Crippen molar-refractivity contribution in [3.05, 3.63) is 35.2 Å². The van der Waals surface area contributed by atoms with Crippen molar-refractivity contribution in [1.82, 2.24) is 0 Å². The van der Waals surface area contributed by atoms with E-state index in [4.69, 9.17) is 4.74 Å². The highest BCUT2D eigenvalue weighted by molar-refractivity contribution is 7.94. The molecule has 0 fully saturated rings. The summed E-state index contributed by atoms with van der Waals surface area (Å²) in [5, 5.41) is 4.46. The van der Waals surface area contributed by atoms with E-state index in [1.807, 2.05) is 19.0 Å². The molecule has 1 atom stereocenters. The second-order valence-electron chi connectivity index (χ2n) is 6.01. The largest absolute Gasteiger partial charge is 0.446 e. The maximum atomic E-state index is 12.5. The molecule has 1 unspecified atom stereocenters. The fourth-order valence-electron chi connectivity index (χ4n) is 2.69. The zero-order chi connectivity index (χ0) is 18.2. The molecule has 1 aliphatic rings. The van der Waals surface area contributed by atoms with E-state index < -0.39 is 16.1 Å². The average molecular weight is 381 g/mol. The molecule has 7 nitrogen and oxygen atoms in total. The summed E-state index contributed by atoms with van der Waals surface area (Å²) in [7, 11) is 0.0147. The lowest BCUT2D eigenvalue weighted by Gasteiger charge is -2.21. The van der Waals surface area contributed by atoms with Gasteiger partial charge in [0, 0.05) is 20.5 Å². The summed E-state index contributed by atoms with van der Waals surface area (Å²) in [6.07, 6.45) is -0.328. The fourth-order valence-corrected chi connectivity index (χ4v) is 4.72. The molecule has 0 radical (unpaired) electrons. The smallest absolute Gasteiger partial charge is 0.411 e. The SMILES string of the molecule is CC1Cc2cc(NS(=O)(=O)c3cccs3)cc(N(C)C)c2NC(=O)O1. The molecule has 1 aromatic heterocycles.